The molecule has 2 heterocycles. The van der Waals surface area contributed by atoms with Crippen LogP contribution in [0.4, 0.5) is 0 Å². The van der Waals surface area contributed by atoms with Gasteiger partial charge < -0.3 is 15.2 Å². The summed E-state index contributed by atoms with van der Waals surface area (Å²) in [5, 5.41) is 0.775. The minimum atomic E-state index is -3.84. The molecule has 0 aliphatic rings. The molecule has 3 aromatic rings. The number of nitrogens with two attached hydrogens (primary N) is 1. The Morgan fingerprint density at radius 2 is 1.92 bits per heavy atom. The maximum absolute atomic E-state index is 13.1. The predicted octanol–water partition coefficient (Wildman–Crippen LogP) is 1.79. The maximum atomic E-state index is 13.1. The third-order valence-corrected chi connectivity index (χ3v) is 5.59. The van der Waals surface area contributed by atoms with Crippen LogP contribution in [0.2, 0.25) is 0 Å². The molecule has 2 aromatic heterocycles. The van der Waals surface area contributed by atoms with E-state index in [1.807, 2.05) is 6.07 Å². The van der Waals surface area contributed by atoms with E-state index in [4.69, 9.17) is 15.2 Å². The zero-order valence-corrected chi connectivity index (χ0v) is 14.8. The number of aromatic nitrogens is 2. The summed E-state index contributed by atoms with van der Waals surface area (Å²) in [5.41, 5.74) is 6.86. The second-order valence-corrected chi connectivity index (χ2v) is 7.20. The van der Waals surface area contributed by atoms with E-state index in [0.717, 1.165) is 10.9 Å². The second-order valence-electron chi connectivity index (χ2n) is 5.39. The Morgan fingerprint density at radius 1 is 1.16 bits per heavy atom. The van der Waals surface area contributed by atoms with Gasteiger partial charge in [-0.3, -0.25) is 0 Å². The molecule has 0 unspecified atom stereocenters. The van der Waals surface area contributed by atoms with Gasteiger partial charge in [0.2, 0.25) is 0 Å². The van der Waals surface area contributed by atoms with Crippen molar-refractivity contribution < 1.29 is 17.9 Å². The van der Waals surface area contributed by atoms with Crippen molar-refractivity contribution in [3.63, 3.8) is 0 Å². The Bertz CT molecular complexity index is 1010. The lowest BCUT2D eigenvalue weighted by Gasteiger charge is -2.11. The molecular weight excluding hydrogens is 342 g/mol. The van der Waals surface area contributed by atoms with Gasteiger partial charge in [-0.15, -0.1) is 0 Å². The molecule has 8 heteroatoms. The summed E-state index contributed by atoms with van der Waals surface area (Å²) in [7, 11) is -0.890. The lowest BCUT2D eigenvalue weighted by Crippen LogP contribution is -2.13. The Morgan fingerprint density at radius 3 is 2.60 bits per heavy atom. The van der Waals surface area contributed by atoms with Crippen molar-refractivity contribution in [2.24, 2.45) is 5.73 Å². The highest BCUT2D eigenvalue weighted by Gasteiger charge is 2.23. The normalized spacial score (nSPS) is 11.6. The van der Waals surface area contributed by atoms with Gasteiger partial charge in [0, 0.05) is 23.8 Å². The number of nitrogens with zero attached hydrogens (tertiary/aromatic N) is 2. The molecule has 7 nitrogen and oxygen atoms in total. The lowest BCUT2D eigenvalue weighted by atomic mass is 10.2. The first-order valence-electron chi connectivity index (χ1n) is 7.65. The van der Waals surface area contributed by atoms with Gasteiger partial charge >= 0.3 is 0 Å². The molecule has 0 atom stereocenters. The first-order valence-corrected chi connectivity index (χ1v) is 9.09. The van der Waals surface area contributed by atoms with Crippen molar-refractivity contribution in [1.82, 2.24) is 8.96 Å². The van der Waals surface area contributed by atoms with E-state index in [1.165, 1.54) is 30.3 Å². The highest BCUT2D eigenvalue weighted by Crippen LogP contribution is 2.31. The molecule has 2 N–H and O–H groups in total. The molecular formula is C17H19N3O4S. The van der Waals surface area contributed by atoms with E-state index >= 15 is 0 Å². The molecule has 0 radical (unpaired) electrons. The van der Waals surface area contributed by atoms with Crippen molar-refractivity contribution in [3.8, 4) is 11.5 Å². The summed E-state index contributed by atoms with van der Waals surface area (Å²) < 4.78 is 37.8. The lowest BCUT2D eigenvalue weighted by molar-refractivity contribution is 0.354. The van der Waals surface area contributed by atoms with Crippen LogP contribution in [-0.4, -0.2) is 38.1 Å². The molecule has 0 bridgehead atoms. The monoisotopic (exact) mass is 361 g/mol. The summed E-state index contributed by atoms with van der Waals surface area (Å²) in [4.78, 5) is 4.33. The van der Waals surface area contributed by atoms with Crippen molar-refractivity contribution in [1.29, 1.82) is 0 Å². The zero-order valence-electron chi connectivity index (χ0n) is 14.0. The molecule has 1 aromatic carbocycles. The summed E-state index contributed by atoms with van der Waals surface area (Å²) in [5.74, 6) is 0.802. The van der Waals surface area contributed by atoms with Crippen LogP contribution in [0.15, 0.2) is 47.6 Å². The highest BCUT2D eigenvalue weighted by atomic mass is 32.2. The quantitative estimate of drug-likeness (QED) is 0.719. The van der Waals surface area contributed by atoms with Crippen LogP contribution in [0.25, 0.3) is 11.0 Å². The van der Waals surface area contributed by atoms with Gasteiger partial charge in [-0.2, -0.15) is 0 Å². The van der Waals surface area contributed by atoms with Gasteiger partial charge in [0.25, 0.3) is 10.0 Å². The fourth-order valence-electron chi connectivity index (χ4n) is 2.72. The molecule has 0 aliphatic carbocycles. The molecule has 0 saturated carbocycles. The van der Waals surface area contributed by atoms with Crippen LogP contribution in [0.5, 0.6) is 11.5 Å². The maximum Gasteiger partial charge on any atom is 0.269 e. The topological polar surface area (TPSA) is 96.4 Å². The smallest absolute Gasteiger partial charge is 0.269 e. The van der Waals surface area contributed by atoms with E-state index in [9.17, 15) is 8.42 Å². The fourth-order valence-corrected chi connectivity index (χ4v) is 4.09. The third kappa shape index (κ3) is 2.94. The molecule has 0 spiro atoms. The number of rotatable bonds is 6. The van der Waals surface area contributed by atoms with E-state index in [0.29, 0.717) is 30.1 Å². The standard InChI is InChI=1S/C17H19N3O4S/c1-23-15-6-5-13(10-16(15)24-2)25(21,22)20-11-12(7-8-18)14-4-3-9-19-17(14)20/h3-6,9-11H,7-8,18H2,1-2H3. The number of methoxy groups -OCH3 is 2. The summed E-state index contributed by atoms with van der Waals surface area (Å²) in [6, 6.07) is 8.09. The number of ether oxygens (including phenoxy) is 2. The van der Waals surface area contributed by atoms with Gasteiger partial charge in [-0.25, -0.2) is 17.4 Å². The molecule has 0 fully saturated rings. The van der Waals surface area contributed by atoms with Crippen LogP contribution < -0.4 is 15.2 Å². The highest BCUT2D eigenvalue weighted by molar-refractivity contribution is 7.90. The minimum Gasteiger partial charge on any atom is -0.493 e. The Hall–Kier alpha value is -2.58. The van der Waals surface area contributed by atoms with E-state index in [2.05, 4.69) is 4.98 Å². The number of hydrogen-bond acceptors (Lipinski definition) is 6. The molecule has 0 saturated heterocycles. The van der Waals surface area contributed by atoms with Crippen LogP contribution in [0.1, 0.15) is 5.56 Å². The van der Waals surface area contributed by atoms with Crippen molar-refractivity contribution in [2.75, 3.05) is 20.8 Å². The molecule has 0 amide bonds. The third-order valence-electron chi connectivity index (χ3n) is 3.94. The van der Waals surface area contributed by atoms with Gasteiger partial charge in [0.15, 0.2) is 17.1 Å². The average molecular weight is 361 g/mol. The van der Waals surface area contributed by atoms with E-state index in [1.54, 1.807) is 24.5 Å². The van der Waals surface area contributed by atoms with Crippen LogP contribution in [-0.2, 0) is 16.4 Å². The van der Waals surface area contributed by atoms with E-state index < -0.39 is 10.0 Å². The van der Waals surface area contributed by atoms with Crippen molar-refractivity contribution in [2.45, 2.75) is 11.3 Å². The molecule has 25 heavy (non-hydrogen) atoms. The number of pyridine rings is 1. The number of hydrogen-bond donors (Lipinski definition) is 1. The van der Waals surface area contributed by atoms with Gasteiger partial charge in [0.05, 0.1) is 19.1 Å². The average Bonchev–Trinajstić information content (AvgIpc) is 3.01. The van der Waals surface area contributed by atoms with Crippen LogP contribution >= 0.6 is 0 Å². The summed E-state index contributed by atoms with van der Waals surface area (Å²) in [6.07, 6.45) is 3.71. The minimum absolute atomic E-state index is 0.0898. The summed E-state index contributed by atoms with van der Waals surface area (Å²) >= 11 is 0. The van der Waals surface area contributed by atoms with Crippen LogP contribution in [0, 0.1) is 0 Å². The predicted molar refractivity (Wildman–Crippen MR) is 94.6 cm³/mol. The van der Waals surface area contributed by atoms with Crippen molar-refractivity contribution in [3.05, 3.63) is 48.3 Å². The van der Waals surface area contributed by atoms with Crippen LogP contribution in [0.3, 0.4) is 0 Å². The fraction of sp³-hybridized carbons (Fsp3) is 0.235. The SMILES string of the molecule is COc1ccc(S(=O)(=O)n2cc(CCN)c3cccnc32)cc1OC. The first-order chi connectivity index (χ1) is 12.0. The first kappa shape index (κ1) is 17.2. The van der Waals surface area contributed by atoms with E-state index in [-0.39, 0.29) is 4.90 Å². The number of fused-ring (bicyclic) bond motifs is 1. The molecule has 3 rings (SSSR count). The zero-order chi connectivity index (χ0) is 18.0. The van der Waals surface area contributed by atoms with Gasteiger partial charge in [-0.05, 0) is 42.8 Å². The largest absolute Gasteiger partial charge is 0.493 e. The Labute approximate surface area is 146 Å². The molecule has 0 aliphatic heterocycles. The Kier molecular flexibility index (Phi) is 4.65. The Balaban J connectivity index is 2.20. The molecule has 132 valence electrons. The van der Waals surface area contributed by atoms with Gasteiger partial charge in [0.1, 0.15) is 0 Å². The van der Waals surface area contributed by atoms with Crippen molar-refractivity contribution >= 4 is 21.1 Å². The number of benzene rings is 1. The summed E-state index contributed by atoms with van der Waals surface area (Å²) in [6.45, 7) is 0.421. The van der Waals surface area contributed by atoms with Gasteiger partial charge in [-0.1, -0.05) is 0 Å². The second kappa shape index (κ2) is 6.73.